The maximum atomic E-state index is 13.9. The van der Waals surface area contributed by atoms with Gasteiger partial charge in [-0.25, -0.2) is 9.67 Å². The van der Waals surface area contributed by atoms with Crippen LogP contribution in [0.4, 0.5) is 18.3 Å². The topological polar surface area (TPSA) is 78.3 Å². The van der Waals surface area contributed by atoms with E-state index in [1.165, 1.54) is 26.4 Å². The van der Waals surface area contributed by atoms with Crippen molar-refractivity contribution in [1.29, 1.82) is 0 Å². The summed E-state index contributed by atoms with van der Waals surface area (Å²) >= 11 is 1.07. The van der Waals surface area contributed by atoms with Crippen LogP contribution in [0.3, 0.4) is 0 Å². The molecular weight excluding hydrogens is 469 g/mol. The molecule has 0 fully saturated rings. The van der Waals surface area contributed by atoms with Crippen LogP contribution in [-0.2, 0) is 6.18 Å². The Kier molecular flexibility index (Phi) is 6.29. The lowest BCUT2D eigenvalue weighted by molar-refractivity contribution is -0.143. The second-order valence-electron chi connectivity index (χ2n) is 7.21. The molecule has 2 aromatic heterocycles. The van der Waals surface area contributed by atoms with Gasteiger partial charge in [-0.15, -0.1) is 11.3 Å². The minimum absolute atomic E-state index is 0.126. The summed E-state index contributed by atoms with van der Waals surface area (Å²) in [5.74, 6) is 0.139. The lowest BCUT2D eigenvalue weighted by atomic mass is 10.1. The molecule has 2 aromatic carbocycles. The van der Waals surface area contributed by atoms with Gasteiger partial charge in [0.25, 0.3) is 5.91 Å². The maximum Gasteiger partial charge on any atom is 0.434 e. The number of hydrogen-bond acceptors (Lipinski definition) is 6. The maximum absolute atomic E-state index is 13.9. The largest absolute Gasteiger partial charge is 0.497 e. The van der Waals surface area contributed by atoms with Crippen molar-refractivity contribution in [2.45, 2.75) is 13.1 Å². The smallest absolute Gasteiger partial charge is 0.434 e. The molecule has 0 radical (unpaired) electrons. The van der Waals surface area contributed by atoms with Gasteiger partial charge in [-0.2, -0.15) is 18.3 Å². The molecule has 34 heavy (non-hydrogen) atoms. The molecule has 0 bridgehead atoms. The summed E-state index contributed by atoms with van der Waals surface area (Å²) < 4.78 is 53.0. The third kappa shape index (κ3) is 4.60. The van der Waals surface area contributed by atoms with Crippen LogP contribution in [0.15, 0.2) is 54.0 Å². The van der Waals surface area contributed by atoms with E-state index in [4.69, 9.17) is 9.47 Å². The molecule has 0 unspecified atom stereocenters. The highest BCUT2D eigenvalue weighted by Gasteiger charge is 2.40. The van der Waals surface area contributed by atoms with Crippen LogP contribution in [0, 0.1) is 6.92 Å². The summed E-state index contributed by atoms with van der Waals surface area (Å²) in [4.78, 5) is 17.1. The van der Waals surface area contributed by atoms with Gasteiger partial charge < -0.3 is 9.47 Å². The zero-order valence-corrected chi connectivity index (χ0v) is 19.1. The number of halogens is 3. The molecule has 0 saturated heterocycles. The van der Waals surface area contributed by atoms with E-state index in [0.29, 0.717) is 27.4 Å². The monoisotopic (exact) mass is 488 g/mol. The molecule has 0 spiro atoms. The van der Waals surface area contributed by atoms with Crippen LogP contribution in [-0.4, -0.2) is 34.9 Å². The van der Waals surface area contributed by atoms with E-state index in [0.717, 1.165) is 23.1 Å². The Morgan fingerprint density at radius 2 is 1.82 bits per heavy atom. The number of anilines is 1. The summed E-state index contributed by atoms with van der Waals surface area (Å²) in [6.07, 6.45) is -3.91. The van der Waals surface area contributed by atoms with Gasteiger partial charge in [0.05, 0.1) is 37.4 Å². The van der Waals surface area contributed by atoms with Crippen LogP contribution >= 0.6 is 11.3 Å². The molecule has 0 saturated carbocycles. The molecule has 2 heterocycles. The molecule has 1 N–H and O–H groups in total. The quantitative estimate of drug-likeness (QED) is 0.383. The zero-order valence-electron chi connectivity index (χ0n) is 18.3. The fraction of sp³-hybridized carbons (Fsp3) is 0.174. The first-order chi connectivity index (χ1) is 16.2. The predicted molar refractivity (Wildman–Crippen MR) is 122 cm³/mol. The van der Waals surface area contributed by atoms with E-state index in [1.807, 2.05) is 6.92 Å². The second kappa shape index (κ2) is 9.18. The lowest BCUT2D eigenvalue weighted by Gasteiger charge is -2.12. The number of alkyl halides is 3. The van der Waals surface area contributed by atoms with Crippen LogP contribution in [0.5, 0.6) is 11.5 Å². The zero-order chi connectivity index (χ0) is 24.5. The third-order valence-corrected chi connectivity index (χ3v) is 5.73. The van der Waals surface area contributed by atoms with Crippen molar-refractivity contribution in [2.75, 3.05) is 19.5 Å². The Hall–Kier alpha value is -3.86. The number of aryl methyl sites for hydroxylation is 1. The van der Waals surface area contributed by atoms with Crippen molar-refractivity contribution in [2.24, 2.45) is 0 Å². The summed E-state index contributed by atoms with van der Waals surface area (Å²) in [6, 6.07) is 11.5. The molecule has 0 atom stereocenters. The number of hydrogen-bond donors (Lipinski definition) is 1. The number of carbonyl (C=O) groups is 1. The number of carbonyl (C=O) groups excluding carboxylic acids is 1. The number of benzene rings is 2. The number of ether oxygens (including phenoxy) is 2. The highest BCUT2D eigenvalue weighted by molar-refractivity contribution is 7.14. The van der Waals surface area contributed by atoms with Crippen LogP contribution in [0.2, 0.25) is 0 Å². The summed E-state index contributed by atoms with van der Waals surface area (Å²) in [5.41, 5.74) is 0.390. The predicted octanol–water partition coefficient (Wildman–Crippen LogP) is 5.59. The van der Waals surface area contributed by atoms with Gasteiger partial charge in [0.15, 0.2) is 10.8 Å². The molecular formula is C23H19F3N4O3S. The SMILES string of the molecule is COc1ccc(OC)c(-c2csc(NC(=O)c3cnn(-c4ccc(C)cc4)c3C(F)(F)F)n2)c1. The van der Waals surface area contributed by atoms with Crippen molar-refractivity contribution < 1.29 is 27.4 Å². The van der Waals surface area contributed by atoms with Gasteiger partial charge in [0, 0.05) is 10.9 Å². The first-order valence-corrected chi connectivity index (χ1v) is 10.8. The van der Waals surface area contributed by atoms with Gasteiger partial charge in [-0.05, 0) is 37.3 Å². The van der Waals surface area contributed by atoms with Crippen molar-refractivity contribution in [3.05, 3.63) is 70.9 Å². The average Bonchev–Trinajstić information content (AvgIpc) is 3.46. The number of nitrogens with zero attached hydrogens (tertiary/aromatic N) is 3. The van der Waals surface area contributed by atoms with E-state index < -0.39 is 23.3 Å². The fourth-order valence-electron chi connectivity index (χ4n) is 3.30. The number of nitrogens with one attached hydrogen (secondary N) is 1. The van der Waals surface area contributed by atoms with Crippen molar-refractivity contribution in [1.82, 2.24) is 14.8 Å². The summed E-state index contributed by atoms with van der Waals surface area (Å²) in [6.45, 7) is 1.82. The summed E-state index contributed by atoms with van der Waals surface area (Å²) in [7, 11) is 3.03. The lowest BCUT2D eigenvalue weighted by Crippen LogP contribution is -2.20. The van der Waals surface area contributed by atoms with E-state index in [-0.39, 0.29) is 10.8 Å². The van der Waals surface area contributed by atoms with Gasteiger partial charge >= 0.3 is 6.18 Å². The summed E-state index contributed by atoms with van der Waals surface area (Å²) in [5, 5.41) is 8.06. The molecule has 0 aliphatic heterocycles. The van der Waals surface area contributed by atoms with Gasteiger partial charge in [-0.1, -0.05) is 17.7 Å². The van der Waals surface area contributed by atoms with Crippen LogP contribution in [0.1, 0.15) is 21.6 Å². The first kappa shape index (κ1) is 23.3. The molecule has 0 aliphatic carbocycles. The number of rotatable bonds is 6. The van der Waals surface area contributed by atoms with E-state index in [9.17, 15) is 18.0 Å². The van der Waals surface area contributed by atoms with E-state index >= 15 is 0 Å². The number of thiazole rings is 1. The Balaban J connectivity index is 1.65. The number of aromatic nitrogens is 3. The Morgan fingerprint density at radius 3 is 2.47 bits per heavy atom. The van der Waals surface area contributed by atoms with Gasteiger partial charge in [0.1, 0.15) is 11.5 Å². The molecule has 1 amide bonds. The average molecular weight is 488 g/mol. The minimum Gasteiger partial charge on any atom is -0.497 e. The molecule has 11 heteroatoms. The van der Waals surface area contributed by atoms with Gasteiger partial charge in [-0.3, -0.25) is 10.1 Å². The third-order valence-electron chi connectivity index (χ3n) is 4.97. The molecule has 0 aliphatic rings. The van der Waals surface area contributed by atoms with E-state index in [1.54, 1.807) is 35.7 Å². The van der Waals surface area contributed by atoms with E-state index in [2.05, 4.69) is 15.4 Å². The van der Waals surface area contributed by atoms with Crippen molar-refractivity contribution >= 4 is 22.4 Å². The molecule has 4 aromatic rings. The minimum atomic E-state index is -4.81. The fourth-order valence-corrected chi connectivity index (χ4v) is 4.01. The Labute approximate surface area is 196 Å². The van der Waals surface area contributed by atoms with Crippen molar-refractivity contribution in [3.8, 4) is 28.4 Å². The normalized spacial score (nSPS) is 11.4. The molecule has 7 nitrogen and oxygen atoms in total. The standard InChI is InChI=1S/C23H19F3N4O3S/c1-13-4-6-14(7-5-13)30-20(23(24,25)26)17(11-27-30)21(31)29-22-28-18(12-34-22)16-10-15(32-2)8-9-19(16)33-3/h4-12H,1-3H3,(H,28,29,31). The number of methoxy groups -OCH3 is 2. The highest BCUT2D eigenvalue weighted by atomic mass is 32.1. The number of amides is 1. The van der Waals surface area contributed by atoms with Crippen LogP contribution < -0.4 is 14.8 Å². The Morgan fingerprint density at radius 1 is 1.09 bits per heavy atom. The second-order valence-corrected chi connectivity index (χ2v) is 8.07. The molecule has 4 rings (SSSR count). The highest BCUT2D eigenvalue weighted by Crippen LogP contribution is 2.36. The Bertz CT molecular complexity index is 1330. The first-order valence-electron chi connectivity index (χ1n) is 9.93. The van der Waals surface area contributed by atoms with Gasteiger partial charge in [0.2, 0.25) is 0 Å². The van der Waals surface area contributed by atoms with Crippen molar-refractivity contribution in [3.63, 3.8) is 0 Å². The van der Waals surface area contributed by atoms with Crippen LogP contribution in [0.25, 0.3) is 16.9 Å². The molecule has 176 valence electrons.